The minimum absolute atomic E-state index is 0.0211. The van der Waals surface area contributed by atoms with Gasteiger partial charge in [0.2, 0.25) is 0 Å². The average molecular weight is 846 g/mol. The van der Waals surface area contributed by atoms with Crippen molar-refractivity contribution >= 4 is 11.8 Å². The number of ether oxygens (including phenoxy) is 9. The van der Waals surface area contributed by atoms with Gasteiger partial charge in [0.05, 0.1) is 49.6 Å². The van der Waals surface area contributed by atoms with Crippen LogP contribution in [0.4, 0.5) is 0 Å². The van der Waals surface area contributed by atoms with Gasteiger partial charge in [-0.25, -0.2) is 0 Å². The molecule has 17 atom stereocenters. The molecule has 59 heavy (non-hydrogen) atoms. The number of allylic oxidation sites excluding steroid dienone is 3. The van der Waals surface area contributed by atoms with Crippen LogP contribution in [-0.2, 0) is 52.2 Å². The van der Waals surface area contributed by atoms with Crippen molar-refractivity contribution in [2.45, 2.75) is 167 Å². The lowest BCUT2D eigenvalue weighted by molar-refractivity contribution is -0.306. The Balaban J connectivity index is 2.05. The molecule has 0 radical (unpaired) electrons. The van der Waals surface area contributed by atoms with Crippen LogP contribution in [0.1, 0.15) is 81.1 Å². The summed E-state index contributed by atoms with van der Waals surface area (Å²) < 4.78 is 54.2. The van der Waals surface area contributed by atoms with Crippen molar-refractivity contribution < 1.29 is 72.6 Å². The maximum Gasteiger partial charge on any atom is 0.308 e. The van der Waals surface area contributed by atoms with E-state index in [1.54, 1.807) is 45.8 Å². The summed E-state index contributed by atoms with van der Waals surface area (Å²) in [6.07, 6.45) is -6.05. The maximum absolute atomic E-state index is 13.9. The van der Waals surface area contributed by atoms with Gasteiger partial charge < -0.3 is 68.0 Å². The highest BCUT2D eigenvalue weighted by atomic mass is 16.7. The number of carbonyl (C=O) groups excluding carboxylic acids is 2. The molecule has 3 rings (SSSR count). The van der Waals surface area contributed by atoms with Crippen molar-refractivity contribution in [1.82, 2.24) is 4.90 Å². The third-order valence-electron chi connectivity index (χ3n) is 11.9. The SMILES string of the molecule is CCOC(C[C@H]1C[C@@H](C)C(=O)/C=C/C(C)=C/[C@H](COC2O[C@H](C)[C@@H](O)[C@@H](OC)[C@H]2OC)[C@@H](CC)OC(=O)C[C@@H](O)[C@H](C)[C@H]1O[C@@H]1O[C@H](C)[C@@H](O)[C@H](N(C)C)[C@H]1O)OCC. The summed E-state index contributed by atoms with van der Waals surface area (Å²) in [7, 11) is 6.44. The lowest BCUT2D eigenvalue weighted by Crippen LogP contribution is -2.63. The van der Waals surface area contributed by atoms with Crippen molar-refractivity contribution in [3.8, 4) is 0 Å². The number of hydrogen-bond acceptors (Lipinski definition) is 16. The Hall–Kier alpha value is -1.90. The highest BCUT2D eigenvalue weighted by Crippen LogP contribution is 2.36. The second kappa shape index (κ2) is 24.7. The molecule has 3 aliphatic heterocycles. The molecule has 3 heterocycles. The fourth-order valence-corrected chi connectivity index (χ4v) is 8.44. The standard InChI is InChI=1S/C43H75NO15/c1-13-32-29(22-55-43-41(52-12)40(51-11)37(49)27(8)57-43)18-23(4)16-17-30(45)24(5)19-28(20-34(53-14-2)54-15-3)39(25(6)31(46)21-33(47)58-32)59-42-38(50)35(44(9)10)36(48)26(7)56-42/h16-18,24-29,31-32,34-43,46,48-50H,13-15,19-22H2,1-12H3/b17-16+,23-18+/t24-,25+,26-,27-,28-,29-,31-,32-,35+,36-,37-,38-,39-,40-,41-,42+,43?/m1/s1. The molecule has 4 N–H and O–H groups in total. The normalized spacial score (nSPS) is 41.1. The molecule has 0 aliphatic carbocycles. The fourth-order valence-electron chi connectivity index (χ4n) is 8.44. The van der Waals surface area contributed by atoms with E-state index in [2.05, 4.69) is 0 Å². The van der Waals surface area contributed by atoms with E-state index >= 15 is 0 Å². The van der Waals surface area contributed by atoms with Crippen molar-refractivity contribution in [3.63, 3.8) is 0 Å². The molecule has 16 nitrogen and oxygen atoms in total. The Kier molecular flexibility index (Phi) is 21.5. The Morgan fingerprint density at radius 2 is 1.44 bits per heavy atom. The second-order valence-corrected chi connectivity index (χ2v) is 16.5. The number of nitrogens with zero attached hydrogens (tertiary/aromatic N) is 1. The maximum atomic E-state index is 13.9. The van der Waals surface area contributed by atoms with E-state index in [0.29, 0.717) is 19.6 Å². The van der Waals surface area contributed by atoms with Crippen LogP contribution in [0.15, 0.2) is 23.8 Å². The van der Waals surface area contributed by atoms with Gasteiger partial charge >= 0.3 is 5.97 Å². The van der Waals surface area contributed by atoms with Gasteiger partial charge in [-0.05, 0) is 73.5 Å². The number of carbonyl (C=O) groups is 2. The van der Waals surface area contributed by atoms with Gasteiger partial charge in [0.1, 0.15) is 30.5 Å². The molecule has 0 aromatic rings. The molecule has 0 bridgehead atoms. The van der Waals surface area contributed by atoms with Crippen LogP contribution in [0, 0.1) is 23.7 Å². The van der Waals surface area contributed by atoms with Crippen LogP contribution in [0.3, 0.4) is 0 Å². The first-order chi connectivity index (χ1) is 27.9. The number of ketones is 1. The summed E-state index contributed by atoms with van der Waals surface area (Å²) in [5.74, 6) is -3.11. The molecule has 3 aliphatic rings. The van der Waals surface area contributed by atoms with Crippen LogP contribution in [0.2, 0.25) is 0 Å². The van der Waals surface area contributed by atoms with E-state index in [0.717, 1.165) is 5.57 Å². The van der Waals surface area contributed by atoms with Gasteiger partial charge in [-0.3, -0.25) is 9.59 Å². The first-order valence-corrected chi connectivity index (χ1v) is 21.3. The summed E-state index contributed by atoms with van der Waals surface area (Å²) in [6, 6.07) is -0.727. The minimum atomic E-state index is -1.29. The number of esters is 1. The van der Waals surface area contributed by atoms with Gasteiger partial charge in [0.25, 0.3) is 0 Å². The topological polar surface area (TPSA) is 201 Å². The van der Waals surface area contributed by atoms with Crippen LogP contribution in [0.5, 0.6) is 0 Å². The van der Waals surface area contributed by atoms with Crippen molar-refractivity contribution in [2.75, 3.05) is 48.1 Å². The monoisotopic (exact) mass is 846 g/mol. The van der Waals surface area contributed by atoms with Gasteiger partial charge in [0.15, 0.2) is 24.7 Å². The van der Waals surface area contributed by atoms with E-state index in [4.69, 9.17) is 42.6 Å². The van der Waals surface area contributed by atoms with Crippen molar-refractivity contribution in [2.24, 2.45) is 23.7 Å². The van der Waals surface area contributed by atoms with Crippen molar-refractivity contribution in [3.05, 3.63) is 23.8 Å². The zero-order chi connectivity index (χ0) is 44.1. The first-order valence-electron chi connectivity index (χ1n) is 21.3. The molecule has 2 saturated heterocycles. The number of aliphatic hydroxyl groups excluding tert-OH is 4. The van der Waals surface area contributed by atoms with Crippen LogP contribution >= 0.6 is 0 Å². The third kappa shape index (κ3) is 14.1. The molecule has 0 amide bonds. The zero-order valence-corrected chi connectivity index (χ0v) is 37.3. The third-order valence-corrected chi connectivity index (χ3v) is 11.9. The zero-order valence-electron chi connectivity index (χ0n) is 37.3. The minimum Gasteiger partial charge on any atom is -0.462 e. The molecular formula is C43H75NO15. The summed E-state index contributed by atoms with van der Waals surface area (Å²) in [4.78, 5) is 29.4. The van der Waals surface area contributed by atoms with E-state index in [9.17, 15) is 30.0 Å². The highest BCUT2D eigenvalue weighted by Gasteiger charge is 2.48. The number of cyclic esters (lactones) is 1. The van der Waals surface area contributed by atoms with Crippen LogP contribution < -0.4 is 0 Å². The van der Waals surface area contributed by atoms with Crippen LogP contribution in [-0.4, -0.2) is 171 Å². The van der Waals surface area contributed by atoms with E-state index in [1.165, 1.54) is 20.3 Å². The highest BCUT2D eigenvalue weighted by molar-refractivity contribution is 5.91. The molecule has 342 valence electrons. The number of likely N-dealkylation sites (N-methyl/N-ethyl adjacent to an activating group) is 1. The quantitative estimate of drug-likeness (QED) is 0.138. The van der Waals surface area contributed by atoms with Crippen LogP contribution in [0.25, 0.3) is 0 Å². The van der Waals surface area contributed by atoms with Gasteiger partial charge in [-0.1, -0.05) is 38.5 Å². The smallest absolute Gasteiger partial charge is 0.308 e. The lowest BCUT2D eigenvalue weighted by Gasteiger charge is -2.47. The Morgan fingerprint density at radius 1 is 0.831 bits per heavy atom. The largest absolute Gasteiger partial charge is 0.462 e. The lowest BCUT2D eigenvalue weighted by atomic mass is 9.79. The summed E-state index contributed by atoms with van der Waals surface area (Å²) in [6.45, 7) is 15.2. The Labute approximate surface area is 351 Å². The Morgan fingerprint density at radius 3 is 2.02 bits per heavy atom. The Bertz CT molecular complexity index is 1330. The molecule has 0 aromatic carbocycles. The van der Waals surface area contributed by atoms with Gasteiger partial charge in [0, 0.05) is 51.6 Å². The predicted octanol–water partition coefficient (Wildman–Crippen LogP) is 2.76. The molecule has 0 aromatic heterocycles. The molecule has 2 fully saturated rings. The second-order valence-electron chi connectivity index (χ2n) is 16.5. The average Bonchev–Trinajstić information content (AvgIpc) is 3.18. The predicted molar refractivity (Wildman–Crippen MR) is 217 cm³/mol. The fraction of sp³-hybridized carbons (Fsp3) is 0.860. The van der Waals surface area contributed by atoms with Gasteiger partial charge in [-0.15, -0.1) is 0 Å². The number of aliphatic hydroxyl groups is 4. The molecular weight excluding hydrogens is 770 g/mol. The molecule has 0 saturated carbocycles. The van der Waals surface area contributed by atoms with E-state index in [1.807, 2.05) is 40.7 Å². The summed E-state index contributed by atoms with van der Waals surface area (Å²) in [5, 5.41) is 45.0. The number of methoxy groups -OCH3 is 2. The molecule has 0 spiro atoms. The molecule has 1 unspecified atom stereocenters. The summed E-state index contributed by atoms with van der Waals surface area (Å²) >= 11 is 0. The van der Waals surface area contributed by atoms with E-state index in [-0.39, 0.29) is 31.7 Å². The first kappa shape index (κ1) is 51.5. The number of rotatable bonds is 15. The number of hydrogen-bond donors (Lipinski definition) is 4. The summed E-state index contributed by atoms with van der Waals surface area (Å²) in [5.41, 5.74) is 0.724. The van der Waals surface area contributed by atoms with E-state index < -0.39 is 116 Å². The van der Waals surface area contributed by atoms with Crippen molar-refractivity contribution in [1.29, 1.82) is 0 Å². The molecule has 16 heteroatoms. The van der Waals surface area contributed by atoms with Gasteiger partial charge in [-0.2, -0.15) is 0 Å².